The lowest BCUT2D eigenvalue weighted by atomic mass is 9.88. The largest absolute Gasteiger partial charge is 0.461 e. The summed E-state index contributed by atoms with van der Waals surface area (Å²) in [5, 5.41) is 15.3. The van der Waals surface area contributed by atoms with Gasteiger partial charge in [-0.2, -0.15) is 0 Å². The average Bonchev–Trinajstić information content (AvgIpc) is 2.35. The Hall–Kier alpha value is -2.03. The first-order valence-corrected chi connectivity index (χ1v) is 7.98. The second-order valence-corrected chi connectivity index (χ2v) is 8.22. The zero-order chi connectivity index (χ0) is 19.6. The van der Waals surface area contributed by atoms with Crippen LogP contribution in [0, 0.1) is 0 Å². The third-order valence-corrected chi connectivity index (χ3v) is 3.20. The minimum atomic E-state index is -1.44. The molecule has 0 aromatic rings. The van der Waals surface area contributed by atoms with E-state index in [0.717, 1.165) is 0 Å². The summed E-state index contributed by atoms with van der Waals surface area (Å²) in [4.78, 5) is 35.8. The van der Waals surface area contributed by atoms with Gasteiger partial charge in [0.05, 0.1) is 0 Å². The molecule has 1 saturated heterocycles. The fraction of sp³-hybridized carbons (Fsp3) is 0.812. The van der Waals surface area contributed by atoms with E-state index >= 15 is 0 Å². The van der Waals surface area contributed by atoms with Crippen LogP contribution in [-0.2, 0) is 19.0 Å². The number of aliphatic hydroxyl groups excluding tert-OH is 1. The summed E-state index contributed by atoms with van der Waals surface area (Å²) in [7, 11) is 0. The van der Waals surface area contributed by atoms with Crippen molar-refractivity contribution in [2.24, 2.45) is 0 Å². The van der Waals surface area contributed by atoms with Crippen LogP contribution in [0.4, 0.5) is 9.59 Å². The number of nitrogens with one attached hydrogen (secondary N) is 2. The molecule has 0 aromatic heterocycles. The van der Waals surface area contributed by atoms with E-state index < -0.39 is 47.0 Å². The van der Waals surface area contributed by atoms with Crippen LogP contribution in [-0.4, -0.2) is 58.8 Å². The SMILES string of the molecule is CC(C)(C)OC(=O)N[C@H]1C(=O)OC[C@@](C)(NC(=O)OC(C)(C)C)[C@@H]1O. The monoisotopic (exact) mass is 360 g/mol. The Bertz CT molecular complexity index is 536. The first-order chi connectivity index (χ1) is 11.1. The van der Waals surface area contributed by atoms with Gasteiger partial charge in [0.2, 0.25) is 0 Å². The Morgan fingerprint density at radius 2 is 1.60 bits per heavy atom. The Morgan fingerprint density at radius 1 is 1.12 bits per heavy atom. The van der Waals surface area contributed by atoms with Crippen molar-refractivity contribution in [2.45, 2.75) is 77.4 Å². The smallest absolute Gasteiger partial charge is 0.408 e. The van der Waals surface area contributed by atoms with Crippen LogP contribution in [0.2, 0.25) is 0 Å². The van der Waals surface area contributed by atoms with Crippen molar-refractivity contribution in [3.63, 3.8) is 0 Å². The van der Waals surface area contributed by atoms with Crippen molar-refractivity contribution in [2.75, 3.05) is 6.61 Å². The quantitative estimate of drug-likeness (QED) is 0.497. The number of amides is 2. The lowest BCUT2D eigenvalue weighted by molar-refractivity contribution is -0.165. The standard InChI is InChI=1S/C16H28N2O7/c1-14(2,3)24-12(21)17-9-10(19)16(7,8-23-11(9)20)18-13(22)25-15(4,5)6/h9-10,19H,8H2,1-7H3,(H,17,21)(H,18,22)/t9-,10-,16-/m1/s1. The van der Waals surface area contributed by atoms with Crippen molar-refractivity contribution < 1.29 is 33.7 Å². The van der Waals surface area contributed by atoms with Crippen molar-refractivity contribution in [3.8, 4) is 0 Å². The number of rotatable bonds is 2. The van der Waals surface area contributed by atoms with E-state index in [0.29, 0.717) is 0 Å². The molecular formula is C16H28N2O7. The predicted molar refractivity (Wildman–Crippen MR) is 87.9 cm³/mol. The molecule has 0 bridgehead atoms. The van der Waals surface area contributed by atoms with Crippen LogP contribution in [0.15, 0.2) is 0 Å². The Morgan fingerprint density at radius 3 is 2.08 bits per heavy atom. The molecule has 1 rings (SSSR count). The number of ether oxygens (including phenoxy) is 3. The fourth-order valence-electron chi connectivity index (χ4n) is 2.11. The molecule has 0 radical (unpaired) electrons. The average molecular weight is 360 g/mol. The van der Waals surface area contributed by atoms with E-state index in [9.17, 15) is 19.5 Å². The minimum absolute atomic E-state index is 0.265. The molecule has 3 N–H and O–H groups in total. The molecule has 9 nitrogen and oxygen atoms in total. The number of cyclic esters (lactones) is 1. The maximum atomic E-state index is 12.0. The summed E-state index contributed by atoms with van der Waals surface area (Å²) in [6.07, 6.45) is -3.09. The van der Waals surface area contributed by atoms with Gasteiger partial charge in [-0.1, -0.05) is 0 Å². The Balaban J connectivity index is 2.83. The predicted octanol–water partition coefficient (Wildman–Crippen LogP) is 1.08. The first kappa shape index (κ1) is 21.0. The number of esters is 1. The summed E-state index contributed by atoms with van der Waals surface area (Å²) >= 11 is 0. The number of carbonyl (C=O) groups is 3. The summed E-state index contributed by atoms with van der Waals surface area (Å²) in [6, 6.07) is -1.39. The van der Waals surface area contributed by atoms with E-state index in [2.05, 4.69) is 10.6 Å². The van der Waals surface area contributed by atoms with Gasteiger partial charge >= 0.3 is 18.2 Å². The van der Waals surface area contributed by atoms with Gasteiger partial charge in [0.25, 0.3) is 0 Å². The molecule has 2 amide bonds. The third-order valence-electron chi connectivity index (χ3n) is 3.20. The highest BCUT2D eigenvalue weighted by Gasteiger charge is 2.50. The molecule has 25 heavy (non-hydrogen) atoms. The molecule has 0 spiro atoms. The summed E-state index contributed by atoms with van der Waals surface area (Å²) < 4.78 is 15.2. The molecule has 9 heteroatoms. The topological polar surface area (TPSA) is 123 Å². The molecule has 0 unspecified atom stereocenters. The van der Waals surface area contributed by atoms with Gasteiger partial charge in [-0.25, -0.2) is 14.4 Å². The van der Waals surface area contributed by atoms with Gasteiger partial charge in [-0.3, -0.25) is 0 Å². The molecule has 0 aromatic carbocycles. The number of carbonyl (C=O) groups excluding carboxylic acids is 3. The van der Waals surface area contributed by atoms with Crippen molar-refractivity contribution in [1.82, 2.24) is 10.6 Å². The van der Waals surface area contributed by atoms with Crippen LogP contribution < -0.4 is 10.6 Å². The van der Waals surface area contributed by atoms with Gasteiger partial charge < -0.3 is 30.0 Å². The van der Waals surface area contributed by atoms with Crippen LogP contribution in [0.5, 0.6) is 0 Å². The number of aliphatic hydroxyl groups is 1. The molecule has 0 aliphatic carbocycles. The van der Waals surface area contributed by atoms with Crippen LogP contribution in [0.25, 0.3) is 0 Å². The second kappa shape index (κ2) is 7.07. The maximum Gasteiger partial charge on any atom is 0.408 e. The molecule has 0 saturated carbocycles. The van der Waals surface area contributed by atoms with Gasteiger partial charge in [0.1, 0.15) is 29.5 Å². The van der Waals surface area contributed by atoms with E-state index in [4.69, 9.17) is 14.2 Å². The van der Waals surface area contributed by atoms with Gasteiger partial charge in [-0.05, 0) is 48.5 Å². The third kappa shape index (κ3) is 6.41. The van der Waals surface area contributed by atoms with E-state index in [1.165, 1.54) is 6.92 Å². The van der Waals surface area contributed by atoms with E-state index in [1.807, 2.05) is 0 Å². The lowest BCUT2D eigenvalue weighted by Crippen LogP contribution is -2.70. The molecule has 3 atom stereocenters. The van der Waals surface area contributed by atoms with Crippen molar-refractivity contribution in [1.29, 1.82) is 0 Å². The summed E-state index contributed by atoms with van der Waals surface area (Å²) in [6.45, 7) is 11.3. The highest BCUT2D eigenvalue weighted by atomic mass is 16.6. The van der Waals surface area contributed by atoms with Crippen molar-refractivity contribution in [3.05, 3.63) is 0 Å². The van der Waals surface area contributed by atoms with Crippen LogP contribution in [0.1, 0.15) is 48.5 Å². The molecule has 144 valence electrons. The summed E-state index contributed by atoms with van der Waals surface area (Å²) in [5.41, 5.74) is -2.84. The van der Waals surface area contributed by atoms with Gasteiger partial charge in [0, 0.05) is 0 Å². The Kier molecular flexibility index (Phi) is 5.94. The van der Waals surface area contributed by atoms with E-state index in [1.54, 1.807) is 41.5 Å². The highest BCUT2D eigenvalue weighted by molar-refractivity contribution is 5.83. The van der Waals surface area contributed by atoms with Gasteiger partial charge in [0.15, 0.2) is 6.04 Å². The number of alkyl carbamates (subject to hydrolysis) is 2. The van der Waals surface area contributed by atoms with Crippen LogP contribution >= 0.6 is 0 Å². The molecule has 1 fully saturated rings. The molecule has 1 aliphatic rings. The van der Waals surface area contributed by atoms with E-state index in [-0.39, 0.29) is 6.61 Å². The Labute approximate surface area is 147 Å². The fourth-order valence-corrected chi connectivity index (χ4v) is 2.11. The maximum absolute atomic E-state index is 12.0. The van der Waals surface area contributed by atoms with Crippen molar-refractivity contribution >= 4 is 18.2 Å². The highest BCUT2D eigenvalue weighted by Crippen LogP contribution is 2.22. The van der Waals surface area contributed by atoms with Crippen LogP contribution in [0.3, 0.4) is 0 Å². The normalized spacial score (nSPS) is 27.1. The second-order valence-electron chi connectivity index (χ2n) is 8.22. The minimum Gasteiger partial charge on any atom is -0.461 e. The molecule has 1 heterocycles. The zero-order valence-electron chi connectivity index (χ0n) is 15.8. The first-order valence-electron chi connectivity index (χ1n) is 7.98. The molecule has 1 aliphatic heterocycles. The lowest BCUT2D eigenvalue weighted by Gasteiger charge is -2.42. The van der Waals surface area contributed by atoms with Gasteiger partial charge in [-0.15, -0.1) is 0 Å². The number of hydrogen-bond acceptors (Lipinski definition) is 7. The number of hydrogen-bond donors (Lipinski definition) is 3. The zero-order valence-corrected chi connectivity index (χ0v) is 15.8. The summed E-state index contributed by atoms with van der Waals surface area (Å²) in [5.74, 6) is -0.818. The molecular weight excluding hydrogens is 332 g/mol.